The molecule has 0 aliphatic rings. The van der Waals surface area contributed by atoms with Gasteiger partial charge in [0.15, 0.2) is 6.10 Å². The Bertz CT molecular complexity index is 723. The van der Waals surface area contributed by atoms with Crippen LogP contribution < -0.4 is 14.2 Å². The van der Waals surface area contributed by atoms with Crippen LogP contribution in [0.25, 0.3) is 0 Å². The number of rotatable bonds is 6. The third-order valence-electron chi connectivity index (χ3n) is 2.74. The Balaban J connectivity index is 2.00. The van der Waals surface area contributed by atoms with Crippen LogP contribution in [0.3, 0.4) is 0 Å². The van der Waals surface area contributed by atoms with E-state index in [1.54, 1.807) is 42.8 Å². The standard InChI is InChI=1S/C14H15NO5S2/c1-10(20-12-7-5-11(19-2)6-8-12)14(16)15-22(17,18)13-4-3-9-21-13/h3-10H,1-2H3,(H,15,16)/t10-/m0/s1. The van der Waals surface area contributed by atoms with Crippen molar-refractivity contribution in [1.29, 1.82) is 0 Å². The molecule has 118 valence electrons. The Hall–Kier alpha value is -2.06. The molecule has 1 aromatic heterocycles. The van der Waals surface area contributed by atoms with Crippen molar-refractivity contribution in [2.24, 2.45) is 0 Å². The molecule has 0 aliphatic carbocycles. The van der Waals surface area contributed by atoms with E-state index in [1.807, 2.05) is 4.72 Å². The number of nitrogens with one attached hydrogen (secondary N) is 1. The lowest BCUT2D eigenvalue weighted by molar-refractivity contribution is -0.125. The van der Waals surface area contributed by atoms with E-state index in [0.717, 1.165) is 11.3 Å². The van der Waals surface area contributed by atoms with Crippen LogP contribution in [0.15, 0.2) is 46.0 Å². The Kier molecular flexibility index (Phi) is 5.04. The molecule has 1 N–H and O–H groups in total. The van der Waals surface area contributed by atoms with E-state index in [-0.39, 0.29) is 4.21 Å². The molecule has 1 aromatic carbocycles. The van der Waals surface area contributed by atoms with Gasteiger partial charge in [0.25, 0.3) is 15.9 Å². The second kappa shape index (κ2) is 6.80. The highest BCUT2D eigenvalue weighted by atomic mass is 32.2. The average molecular weight is 341 g/mol. The van der Waals surface area contributed by atoms with Crippen molar-refractivity contribution in [3.8, 4) is 11.5 Å². The fourth-order valence-electron chi connectivity index (χ4n) is 1.59. The fourth-order valence-corrected chi connectivity index (χ4v) is 3.63. The van der Waals surface area contributed by atoms with Crippen LogP contribution in [0.1, 0.15) is 6.92 Å². The number of thiophene rings is 1. The Morgan fingerprint density at radius 1 is 1.18 bits per heavy atom. The molecule has 1 atom stereocenters. The summed E-state index contributed by atoms with van der Waals surface area (Å²) < 4.78 is 36.4. The predicted octanol–water partition coefficient (Wildman–Crippen LogP) is 2.03. The molecule has 0 bridgehead atoms. The van der Waals surface area contributed by atoms with E-state index >= 15 is 0 Å². The Morgan fingerprint density at radius 2 is 1.82 bits per heavy atom. The van der Waals surface area contributed by atoms with Gasteiger partial charge in [0, 0.05) is 0 Å². The molecular formula is C14H15NO5S2. The molecule has 0 spiro atoms. The van der Waals surface area contributed by atoms with Crippen molar-refractivity contribution in [2.45, 2.75) is 17.2 Å². The van der Waals surface area contributed by atoms with Gasteiger partial charge in [-0.1, -0.05) is 6.07 Å². The molecule has 0 aliphatic heterocycles. The number of benzene rings is 1. The summed E-state index contributed by atoms with van der Waals surface area (Å²) in [5.41, 5.74) is 0. The summed E-state index contributed by atoms with van der Waals surface area (Å²) in [6, 6.07) is 9.66. The van der Waals surface area contributed by atoms with E-state index in [9.17, 15) is 13.2 Å². The lowest BCUT2D eigenvalue weighted by Crippen LogP contribution is -2.39. The molecule has 1 amide bonds. The van der Waals surface area contributed by atoms with Crippen LogP contribution in [0, 0.1) is 0 Å². The van der Waals surface area contributed by atoms with Gasteiger partial charge in [-0.15, -0.1) is 11.3 Å². The highest BCUT2D eigenvalue weighted by Crippen LogP contribution is 2.19. The van der Waals surface area contributed by atoms with Crippen LogP contribution in [0.2, 0.25) is 0 Å². The molecular weight excluding hydrogens is 326 g/mol. The second-order valence-corrected chi connectivity index (χ2v) is 7.19. The summed E-state index contributed by atoms with van der Waals surface area (Å²) in [7, 11) is -2.30. The van der Waals surface area contributed by atoms with E-state index in [2.05, 4.69) is 0 Å². The van der Waals surface area contributed by atoms with Crippen LogP contribution in [-0.4, -0.2) is 27.5 Å². The van der Waals surface area contributed by atoms with Gasteiger partial charge in [0.2, 0.25) is 0 Å². The maximum Gasteiger partial charge on any atom is 0.274 e. The summed E-state index contributed by atoms with van der Waals surface area (Å²) in [5, 5.41) is 1.62. The number of carbonyl (C=O) groups is 1. The minimum absolute atomic E-state index is 0.0810. The molecule has 8 heteroatoms. The molecule has 0 radical (unpaired) electrons. The van der Waals surface area contributed by atoms with Gasteiger partial charge in [-0.25, -0.2) is 13.1 Å². The van der Waals surface area contributed by atoms with Crippen LogP contribution in [0.5, 0.6) is 11.5 Å². The van der Waals surface area contributed by atoms with E-state index in [4.69, 9.17) is 9.47 Å². The van der Waals surface area contributed by atoms with Crippen molar-refractivity contribution in [2.75, 3.05) is 7.11 Å². The van der Waals surface area contributed by atoms with Gasteiger partial charge >= 0.3 is 0 Å². The van der Waals surface area contributed by atoms with Crippen molar-refractivity contribution >= 4 is 27.3 Å². The molecule has 6 nitrogen and oxygen atoms in total. The number of hydrogen-bond acceptors (Lipinski definition) is 6. The Labute approximate surface area is 132 Å². The number of hydrogen-bond donors (Lipinski definition) is 1. The topological polar surface area (TPSA) is 81.7 Å². The smallest absolute Gasteiger partial charge is 0.274 e. The summed E-state index contributed by atoms with van der Waals surface area (Å²) in [5.74, 6) is 0.367. The highest BCUT2D eigenvalue weighted by molar-refractivity contribution is 7.92. The van der Waals surface area contributed by atoms with Gasteiger partial charge in [-0.2, -0.15) is 0 Å². The maximum absolute atomic E-state index is 12.0. The normalized spacial score (nSPS) is 12.5. The zero-order chi connectivity index (χ0) is 16.2. The fraction of sp³-hybridized carbons (Fsp3) is 0.214. The highest BCUT2D eigenvalue weighted by Gasteiger charge is 2.23. The first-order chi connectivity index (χ1) is 10.4. The average Bonchev–Trinajstić information content (AvgIpc) is 3.02. The first kappa shape index (κ1) is 16.3. The van der Waals surface area contributed by atoms with E-state index < -0.39 is 22.0 Å². The quantitative estimate of drug-likeness (QED) is 0.869. The summed E-state index contributed by atoms with van der Waals surface area (Å²) in [6.07, 6.45) is -0.955. The monoisotopic (exact) mass is 341 g/mol. The molecule has 0 saturated heterocycles. The molecule has 22 heavy (non-hydrogen) atoms. The molecule has 0 fully saturated rings. The zero-order valence-electron chi connectivity index (χ0n) is 12.0. The summed E-state index contributed by atoms with van der Waals surface area (Å²) in [6.45, 7) is 1.48. The van der Waals surface area contributed by atoms with E-state index in [0.29, 0.717) is 11.5 Å². The van der Waals surface area contributed by atoms with Crippen LogP contribution in [-0.2, 0) is 14.8 Å². The van der Waals surface area contributed by atoms with Gasteiger partial charge in [0.05, 0.1) is 7.11 Å². The zero-order valence-corrected chi connectivity index (χ0v) is 13.6. The van der Waals surface area contributed by atoms with E-state index in [1.165, 1.54) is 13.0 Å². The van der Waals surface area contributed by atoms with Gasteiger partial charge in [-0.05, 0) is 42.6 Å². The van der Waals surface area contributed by atoms with Crippen LogP contribution >= 0.6 is 11.3 Å². The third-order valence-corrected chi connectivity index (χ3v) is 5.48. The SMILES string of the molecule is COc1ccc(O[C@@H](C)C(=O)NS(=O)(=O)c2cccs2)cc1. The number of ether oxygens (including phenoxy) is 2. The summed E-state index contributed by atoms with van der Waals surface area (Å²) >= 11 is 1.03. The molecule has 2 rings (SSSR count). The van der Waals surface area contributed by atoms with Crippen molar-refractivity contribution in [3.63, 3.8) is 0 Å². The summed E-state index contributed by atoms with van der Waals surface area (Å²) in [4.78, 5) is 11.9. The van der Waals surface area contributed by atoms with Crippen LogP contribution in [0.4, 0.5) is 0 Å². The molecule has 2 aromatic rings. The molecule has 0 saturated carbocycles. The number of amides is 1. The number of methoxy groups -OCH3 is 1. The molecule has 0 unspecified atom stereocenters. The number of sulfonamides is 1. The van der Waals surface area contributed by atoms with Crippen molar-refractivity contribution in [1.82, 2.24) is 4.72 Å². The largest absolute Gasteiger partial charge is 0.497 e. The maximum atomic E-state index is 12.0. The van der Waals surface area contributed by atoms with Gasteiger partial charge < -0.3 is 9.47 Å². The molecule has 1 heterocycles. The predicted molar refractivity (Wildman–Crippen MR) is 82.7 cm³/mol. The first-order valence-electron chi connectivity index (χ1n) is 6.33. The second-order valence-electron chi connectivity index (χ2n) is 4.34. The number of carbonyl (C=O) groups excluding carboxylic acids is 1. The van der Waals surface area contributed by atoms with Gasteiger partial charge in [-0.3, -0.25) is 4.79 Å². The first-order valence-corrected chi connectivity index (χ1v) is 8.69. The van der Waals surface area contributed by atoms with Crippen molar-refractivity contribution in [3.05, 3.63) is 41.8 Å². The third kappa shape index (κ3) is 3.99. The Morgan fingerprint density at radius 3 is 2.36 bits per heavy atom. The lowest BCUT2D eigenvalue weighted by Gasteiger charge is -2.14. The van der Waals surface area contributed by atoms with Crippen molar-refractivity contribution < 1.29 is 22.7 Å². The minimum atomic E-state index is -3.85. The lowest BCUT2D eigenvalue weighted by atomic mass is 10.3. The van der Waals surface area contributed by atoms with Gasteiger partial charge in [0.1, 0.15) is 15.7 Å². The minimum Gasteiger partial charge on any atom is -0.497 e.